The molecular formula is C24H29BrFN3O4S. The van der Waals surface area contributed by atoms with Crippen LogP contribution in [0.15, 0.2) is 53.0 Å². The van der Waals surface area contributed by atoms with Crippen LogP contribution in [0, 0.1) is 5.82 Å². The van der Waals surface area contributed by atoms with Gasteiger partial charge in [-0.1, -0.05) is 40.9 Å². The summed E-state index contributed by atoms with van der Waals surface area (Å²) in [5.41, 5.74) is 0.966. The normalized spacial score (nSPS) is 15.1. The first-order valence-corrected chi connectivity index (χ1v) is 13.8. The van der Waals surface area contributed by atoms with E-state index in [9.17, 15) is 22.4 Å². The van der Waals surface area contributed by atoms with E-state index in [-0.39, 0.29) is 18.5 Å². The van der Waals surface area contributed by atoms with Crippen LogP contribution >= 0.6 is 15.9 Å². The summed E-state index contributed by atoms with van der Waals surface area (Å²) < 4.78 is 40.2. The molecular weight excluding hydrogens is 525 g/mol. The maximum Gasteiger partial charge on any atom is 0.244 e. The minimum Gasteiger partial charge on any atom is -0.352 e. The number of hydrogen-bond acceptors (Lipinski definition) is 4. The Balaban J connectivity index is 1.86. The molecule has 1 atom stereocenters. The van der Waals surface area contributed by atoms with Crippen molar-refractivity contribution in [1.82, 2.24) is 10.2 Å². The Labute approximate surface area is 208 Å². The highest BCUT2D eigenvalue weighted by molar-refractivity contribution is 9.10. The van der Waals surface area contributed by atoms with Crippen molar-refractivity contribution >= 4 is 43.5 Å². The molecule has 2 aromatic carbocycles. The molecule has 0 bridgehead atoms. The summed E-state index contributed by atoms with van der Waals surface area (Å²) in [4.78, 5) is 27.8. The average Bonchev–Trinajstić information content (AvgIpc) is 3.29. The van der Waals surface area contributed by atoms with Crippen molar-refractivity contribution in [2.75, 3.05) is 17.1 Å². The number of nitrogens with one attached hydrogen (secondary N) is 1. The number of carbonyl (C=O) groups excluding carboxylic acids is 2. The molecule has 3 rings (SSSR count). The Morgan fingerprint density at radius 3 is 2.24 bits per heavy atom. The zero-order chi connectivity index (χ0) is 24.9. The lowest BCUT2D eigenvalue weighted by Crippen LogP contribution is -2.52. The SMILES string of the molecule is CC(C(=O)NC1CCCC1)N(Cc1ccc(F)cc1)C(=O)CN(c1ccc(Br)cc1)S(C)(=O)=O. The maximum atomic E-state index is 13.5. The second-order valence-electron chi connectivity index (χ2n) is 8.56. The second-order valence-corrected chi connectivity index (χ2v) is 11.4. The number of sulfonamides is 1. The number of benzene rings is 2. The lowest BCUT2D eigenvalue weighted by atomic mass is 10.1. The predicted octanol–water partition coefficient (Wildman–Crippen LogP) is 3.83. The molecule has 34 heavy (non-hydrogen) atoms. The second kappa shape index (κ2) is 11.3. The van der Waals surface area contributed by atoms with Gasteiger partial charge < -0.3 is 10.2 Å². The van der Waals surface area contributed by atoms with E-state index in [1.165, 1.54) is 17.0 Å². The first-order chi connectivity index (χ1) is 16.0. The molecule has 0 radical (unpaired) electrons. The number of hydrogen-bond donors (Lipinski definition) is 1. The first kappa shape index (κ1) is 26.2. The van der Waals surface area contributed by atoms with Crippen molar-refractivity contribution in [2.24, 2.45) is 0 Å². The van der Waals surface area contributed by atoms with Crippen LogP contribution < -0.4 is 9.62 Å². The lowest BCUT2D eigenvalue weighted by molar-refractivity contribution is -0.139. The van der Waals surface area contributed by atoms with Gasteiger partial charge in [0.2, 0.25) is 21.8 Å². The fourth-order valence-corrected chi connectivity index (χ4v) is 5.10. The first-order valence-electron chi connectivity index (χ1n) is 11.1. The van der Waals surface area contributed by atoms with Gasteiger partial charge in [0.1, 0.15) is 18.4 Å². The minimum atomic E-state index is -3.78. The molecule has 2 aromatic rings. The summed E-state index contributed by atoms with van der Waals surface area (Å²) in [5, 5.41) is 3.00. The monoisotopic (exact) mass is 553 g/mol. The van der Waals surface area contributed by atoms with Crippen molar-refractivity contribution in [3.63, 3.8) is 0 Å². The zero-order valence-corrected chi connectivity index (χ0v) is 21.6. The standard InChI is InChI=1S/C24H29BrFN3O4S/c1-17(24(31)27-21-5-3-4-6-21)28(15-18-7-11-20(26)12-8-18)23(30)16-29(34(2,32)33)22-13-9-19(25)10-14-22/h7-14,17,21H,3-6,15-16H2,1-2H3,(H,27,31). The van der Waals surface area contributed by atoms with E-state index in [4.69, 9.17) is 0 Å². The van der Waals surface area contributed by atoms with E-state index in [1.807, 2.05) is 0 Å². The van der Waals surface area contributed by atoms with Gasteiger partial charge in [-0.25, -0.2) is 12.8 Å². The van der Waals surface area contributed by atoms with Crippen molar-refractivity contribution in [3.8, 4) is 0 Å². The van der Waals surface area contributed by atoms with Crippen LogP contribution in [0.25, 0.3) is 0 Å². The lowest BCUT2D eigenvalue weighted by Gasteiger charge is -2.32. The van der Waals surface area contributed by atoms with Gasteiger partial charge in [0.25, 0.3) is 0 Å². The highest BCUT2D eigenvalue weighted by Gasteiger charge is 2.31. The Morgan fingerprint density at radius 1 is 1.09 bits per heavy atom. The zero-order valence-electron chi connectivity index (χ0n) is 19.2. The van der Waals surface area contributed by atoms with Crippen LogP contribution in [0.5, 0.6) is 0 Å². The van der Waals surface area contributed by atoms with E-state index in [1.54, 1.807) is 43.3 Å². The van der Waals surface area contributed by atoms with E-state index in [0.717, 1.165) is 40.7 Å². The molecule has 0 heterocycles. The number of rotatable bonds is 9. The molecule has 1 fully saturated rings. The molecule has 184 valence electrons. The molecule has 1 N–H and O–H groups in total. The van der Waals surface area contributed by atoms with E-state index in [2.05, 4.69) is 21.2 Å². The van der Waals surface area contributed by atoms with Crippen molar-refractivity contribution in [2.45, 2.75) is 51.2 Å². The fourth-order valence-electron chi connectivity index (χ4n) is 3.98. The molecule has 0 aromatic heterocycles. The highest BCUT2D eigenvalue weighted by atomic mass is 79.9. The van der Waals surface area contributed by atoms with E-state index >= 15 is 0 Å². The molecule has 1 saturated carbocycles. The van der Waals surface area contributed by atoms with Crippen LogP contribution in [0.3, 0.4) is 0 Å². The number of carbonyl (C=O) groups is 2. The van der Waals surface area contributed by atoms with Gasteiger partial charge in [-0.15, -0.1) is 0 Å². The van der Waals surface area contributed by atoms with Crippen LogP contribution in [0.1, 0.15) is 38.2 Å². The third-order valence-electron chi connectivity index (χ3n) is 5.93. The summed E-state index contributed by atoms with van der Waals surface area (Å²) in [5.74, 6) is -1.24. The van der Waals surface area contributed by atoms with Crippen molar-refractivity contribution in [1.29, 1.82) is 0 Å². The number of amides is 2. The number of halogens is 2. The molecule has 10 heteroatoms. The Morgan fingerprint density at radius 2 is 1.68 bits per heavy atom. The van der Waals surface area contributed by atoms with Gasteiger partial charge in [-0.3, -0.25) is 13.9 Å². The van der Waals surface area contributed by atoms with Gasteiger partial charge in [0.15, 0.2) is 0 Å². The van der Waals surface area contributed by atoms with Crippen molar-refractivity contribution in [3.05, 3.63) is 64.4 Å². The topological polar surface area (TPSA) is 86.8 Å². The van der Waals surface area contributed by atoms with Crippen LogP contribution in [0.4, 0.5) is 10.1 Å². The maximum absolute atomic E-state index is 13.5. The quantitative estimate of drug-likeness (QED) is 0.511. The third kappa shape index (κ3) is 7.02. The van der Waals surface area contributed by atoms with E-state index in [0.29, 0.717) is 11.3 Å². The summed E-state index contributed by atoms with van der Waals surface area (Å²) in [7, 11) is -3.78. The summed E-state index contributed by atoms with van der Waals surface area (Å²) in [6, 6.07) is 11.5. The Hall–Kier alpha value is -2.46. The Kier molecular flexibility index (Phi) is 8.70. The molecule has 0 spiro atoms. The van der Waals surface area contributed by atoms with Gasteiger partial charge >= 0.3 is 0 Å². The smallest absolute Gasteiger partial charge is 0.244 e. The number of anilines is 1. The molecule has 1 aliphatic carbocycles. The number of nitrogens with zero attached hydrogens (tertiary/aromatic N) is 2. The Bertz CT molecular complexity index is 1100. The predicted molar refractivity (Wildman–Crippen MR) is 133 cm³/mol. The minimum absolute atomic E-state index is 0.0380. The van der Waals surface area contributed by atoms with Gasteiger partial charge in [0.05, 0.1) is 11.9 Å². The molecule has 0 aliphatic heterocycles. The summed E-state index contributed by atoms with van der Waals surface area (Å²) in [6.07, 6.45) is 4.93. The van der Waals surface area contributed by atoms with Crippen LogP contribution in [-0.4, -0.2) is 50.0 Å². The van der Waals surface area contributed by atoms with E-state index < -0.39 is 34.3 Å². The molecule has 1 aliphatic rings. The average molecular weight is 554 g/mol. The third-order valence-corrected chi connectivity index (χ3v) is 7.60. The summed E-state index contributed by atoms with van der Waals surface area (Å²) in [6.45, 7) is 1.19. The molecule has 7 nitrogen and oxygen atoms in total. The molecule has 2 amide bonds. The molecule has 0 saturated heterocycles. The molecule has 1 unspecified atom stereocenters. The largest absolute Gasteiger partial charge is 0.352 e. The highest BCUT2D eigenvalue weighted by Crippen LogP contribution is 2.22. The van der Waals surface area contributed by atoms with Crippen LogP contribution in [0.2, 0.25) is 0 Å². The van der Waals surface area contributed by atoms with Gasteiger partial charge in [-0.05, 0) is 61.7 Å². The van der Waals surface area contributed by atoms with Gasteiger partial charge in [0, 0.05) is 17.1 Å². The van der Waals surface area contributed by atoms with Crippen molar-refractivity contribution < 1.29 is 22.4 Å². The van der Waals surface area contributed by atoms with Crippen LogP contribution in [-0.2, 0) is 26.2 Å². The van der Waals surface area contributed by atoms with Gasteiger partial charge in [-0.2, -0.15) is 0 Å². The fraction of sp³-hybridized carbons (Fsp3) is 0.417. The summed E-state index contributed by atoms with van der Waals surface area (Å²) >= 11 is 3.32.